The lowest BCUT2D eigenvalue weighted by atomic mass is 9.91. The van der Waals surface area contributed by atoms with Gasteiger partial charge in [0, 0.05) is 31.3 Å². The van der Waals surface area contributed by atoms with E-state index in [1.807, 2.05) is 12.3 Å². The van der Waals surface area contributed by atoms with Crippen LogP contribution in [0.4, 0.5) is 0 Å². The lowest BCUT2D eigenvalue weighted by Crippen LogP contribution is -2.51. The topological polar surface area (TPSA) is 90.7 Å². The van der Waals surface area contributed by atoms with Gasteiger partial charge in [-0.05, 0) is 6.42 Å². The molecule has 0 radical (unpaired) electrons. The van der Waals surface area contributed by atoms with Crippen molar-refractivity contribution in [1.29, 1.82) is 0 Å². The summed E-state index contributed by atoms with van der Waals surface area (Å²) in [5, 5.41) is 21.6. The second-order valence-electron chi connectivity index (χ2n) is 4.98. The van der Waals surface area contributed by atoms with Crippen molar-refractivity contribution in [1.82, 2.24) is 9.88 Å². The molecule has 1 aliphatic rings. The molecule has 6 nitrogen and oxygen atoms in total. The van der Waals surface area contributed by atoms with E-state index in [4.69, 9.17) is 5.11 Å². The number of nitrogens with zero attached hydrogens (tertiary/aromatic N) is 2. The Hall–Kier alpha value is -1.47. The van der Waals surface area contributed by atoms with Crippen LogP contribution in [0.15, 0.2) is 5.38 Å². The molecule has 0 saturated carbocycles. The van der Waals surface area contributed by atoms with Crippen molar-refractivity contribution < 1.29 is 19.8 Å². The summed E-state index contributed by atoms with van der Waals surface area (Å²) in [5.74, 6) is -1.28. The van der Waals surface area contributed by atoms with Gasteiger partial charge in [0.1, 0.15) is 0 Å². The van der Waals surface area contributed by atoms with Gasteiger partial charge in [-0.2, -0.15) is 0 Å². The lowest BCUT2D eigenvalue weighted by molar-refractivity contribution is -0.165. The normalized spacial score (nSPS) is 18.0. The number of carboxylic acids is 1. The third-order valence-electron chi connectivity index (χ3n) is 3.58. The molecule has 110 valence electrons. The van der Waals surface area contributed by atoms with Crippen LogP contribution >= 0.6 is 11.3 Å². The number of thiazole rings is 1. The molecular weight excluding hydrogens is 280 g/mol. The summed E-state index contributed by atoms with van der Waals surface area (Å²) in [6, 6.07) is 0. The average molecular weight is 298 g/mol. The van der Waals surface area contributed by atoms with Crippen LogP contribution in [0.25, 0.3) is 0 Å². The maximum atomic E-state index is 12.1. The summed E-state index contributed by atoms with van der Waals surface area (Å²) in [5.41, 5.74) is -0.928. The fraction of sp³-hybridized carbons (Fsp3) is 0.615. The number of aliphatic carboxylic acids is 1. The van der Waals surface area contributed by atoms with Crippen LogP contribution < -0.4 is 0 Å². The predicted molar refractivity (Wildman–Crippen MR) is 73.6 cm³/mol. The highest BCUT2D eigenvalue weighted by Gasteiger charge is 2.40. The molecule has 0 unspecified atom stereocenters. The Morgan fingerprint density at radius 2 is 2.10 bits per heavy atom. The standard InChI is InChI=1S/C13H18N2O4S/c1-2-10-14-9(8-20-10)7-11(16)15-5-3-13(19,4-6-15)12(17)18/h8,19H,2-7H2,1H3,(H,17,18). The monoisotopic (exact) mass is 298 g/mol. The quantitative estimate of drug-likeness (QED) is 0.853. The van der Waals surface area contributed by atoms with Crippen LogP contribution in [0.3, 0.4) is 0 Å². The summed E-state index contributed by atoms with van der Waals surface area (Å²) < 4.78 is 0. The zero-order chi connectivity index (χ0) is 14.8. The van der Waals surface area contributed by atoms with Crippen molar-refractivity contribution in [2.45, 2.75) is 38.2 Å². The molecule has 0 aromatic carbocycles. The molecule has 20 heavy (non-hydrogen) atoms. The number of carbonyl (C=O) groups is 2. The number of likely N-dealkylation sites (tertiary alicyclic amines) is 1. The summed E-state index contributed by atoms with van der Waals surface area (Å²) in [6.45, 7) is 2.56. The van der Waals surface area contributed by atoms with E-state index in [1.54, 1.807) is 16.2 Å². The number of aryl methyl sites for hydroxylation is 1. The molecule has 7 heteroatoms. The second kappa shape index (κ2) is 5.88. The Labute approximate surface area is 121 Å². The zero-order valence-electron chi connectivity index (χ0n) is 11.3. The molecule has 2 heterocycles. The Balaban J connectivity index is 1.90. The van der Waals surface area contributed by atoms with Crippen LogP contribution in [0.2, 0.25) is 0 Å². The number of amides is 1. The van der Waals surface area contributed by atoms with E-state index in [0.29, 0.717) is 0 Å². The van der Waals surface area contributed by atoms with Gasteiger partial charge in [-0.3, -0.25) is 4.79 Å². The molecule has 1 aromatic rings. The summed E-state index contributed by atoms with van der Waals surface area (Å²) in [7, 11) is 0. The number of hydrogen-bond acceptors (Lipinski definition) is 5. The summed E-state index contributed by atoms with van der Waals surface area (Å²) >= 11 is 1.54. The van der Waals surface area contributed by atoms with E-state index in [9.17, 15) is 14.7 Å². The number of rotatable bonds is 4. The zero-order valence-corrected chi connectivity index (χ0v) is 12.2. The van der Waals surface area contributed by atoms with Crippen molar-refractivity contribution in [2.75, 3.05) is 13.1 Å². The number of carbonyl (C=O) groups excluding carboxylic acids is 1. The maximum absolute atomic E-state index is 12.1. The molecular formula is C13H18N2O4S. The highest BCUT2D eigenvalue weighted by molar-refractivity contribution is 7.09. The molecule has 1 fully saturated rings. The van der Waals surface area contributed by atoms with Crippen molar-refractivity contribution in [3.8, 4) is 0 Å². The first kappa shape index (κ1) is 14.9. The summed E-state index contributed by atoms with van der Waals surface area (Å²) in [4.78, 5) is 29.0. The minimum atomic E-state index is -1.69. The van der Waals surface area contributed by atoms with Crippen LogP contribution in [0, 0.1) is 0 Å². The van der Waals surface area contributed by atoms with Gasteiger partial charge in [0.05, 0.1) is 17.1 Å². The van der Waals surface area contributed by atoms with Crippen LogP contribution in [0.5, 0.6) is 0 Å². The Morgan fingerprint density at radius 3 is 2.60 bits per heavy atom. The number of aromatic nitrogens is 1. The molecule has 0 aliphatic carbocycles. The minimum Gasteiger partial charge on any atom is -0.479 e. The maximum Gasteiger partial charge on any atom is 0.335 e. The van der Waals surface area contributed by atoms with E-state index >= 15 is 0 Å². The number of piperidine rings is 1. The average Bonchev–Trinajstić information content (AvgIpc) is 2.87. The van der Waals surface area contributed by atoms with E-state index in [1.165, 1.54) is 0 Å². The SMILES string of the molecule is CCc1nc(CC(=O)N2CCC(O)(C(=O)O)CC2)cs1. The molecule has 0 atom stereocenters. The van der Waals surface area contributed by atoms with Crippen molar-refractivity contribution in [3.63, 3.8) is 0 Å². The minimum absolute atomic E-state index is 0.0645. The predicted octanol–water partition coefficient (Wildman–Crippen LogP) is 0.686. The first-order valence-corrected chi connectivity index (χ1v) is 7.49. The summed E-state index contributed by atoms with van der Waals surface area (Å²) in [6.07, 6.45) is 1.24. The number of aliphatic hydroxyl groups is 1. The Morgan fingerprint density at radius 1 is 1.45 bits per heavy atom. The lowest BCUT2D eigenvalue weighted by Gasteiger charge is -2.35. The van der Waals surface area contributed by atoms with Crippen LogP contribution in [-0.4, -0.2) is 50.7 Å². The van der Waals surface area contributed by atoms with E-state index < -0.39 is 11.6 Å². The van der Waals surface area contributed by atoms with E-state index in [0.717, 1.165) is 17.1 Å². The fourth-order valence-electron chi connectivity index (χ4n) is 2.20. The van der Waals surface area contributed by atoms with Crippen LogP contribution in [-0.2, 0) is 22.4 Å². The third kappa shape index (κ3) is 3.16. The molecule has 1 saturated heterocycles. The van der Waals surface area contributed by atoms with E-state index in [-0.39, 0.29) is 38.3 Å². The molecule has 0 spiro atoms. The fourth-order valence-corrected chi connectivity index (χ4v) is 2.94. The highest BCUT2D eigenvalue weighted by atomic mass is 32.1. The van der Waals surface area contributed by atoms with Gasteiger partial charge >= 0.3 is 5.97 Å². The molecule has 1 aliphatic heterocycles. The van der Waals surface area contributed by atoms with Gasteiger partial charge in [-0.15, -0.1) is 11.3 Å². The van der Waals surface area contributed by atoms with Gasteiger partial charge in [-0.25, -0.2) is 9.78 Å². The molecule has 2 N–H and O–H groups in total. The van der Waals surface area contributed by atoms with E-state index in [2.05, 4.69) is 4.98 Å². The van der Waals surface area contributed by atoms with Gasteiger partial charge in [0.2, 0.25) is 5.91 Å². The van der Waals surface area contributed by atoms with Gasteiger partial charge in [0.15, 0.2) is 5.60 Å². The Bertz CT molecular complexity index is 506. The number of hydrogen-bond donors (Lipinski definition) is 2. The third-order valence-corrected chi connectivity index (χ3v) is 4.62. The first-order valence-electron chi connectivity index (χ1n) is 6.61. The highest BCUT2D eigenvalue weighted by Crippen LogP contribution is 2.23. The van der Waals surface area contributed by atoms with Gasteiger partial charge < -0.3 is 15.1 Å². The molecule has 1 amide bonds. The molecule has 1 aromatic heterocycles. The molecule has 0 bridgehead atoms. The second-order valence-corrected chi connectivity index (χ2v) is 5.92. The van der Waals surface area contributed by atoms with Gasteiger partial charge in [0.25, 0.3) is 0 Å². The van der Waals surface area contributed by atoms with Crippen LogP contribution in [0.1, 0.15) is 30.5 Å². The van der Waals surface area contributed by atoms with Crippen molar-refractivity contribution in [2.24, 2.45) is 0 Å². The van der Waals surface area contributed by atoms with Crippen molar-refractivity contribution >= 4 is 23.2 Å². The van der Waals surface area contributed by atoms with Gasteiger partial charge in [-0.1, -0.05) is 6.92 Å². The largest absolute Gasteiger partial charge is 0.479 e. The van der Waals surface area contributed by atoms with Crippen molar-refractivity contribution in [3.05, 3.63) is 16.1 Å². The Kier molecular flexibility index (Phi) is 4.39. The first-order chi connectivity index (χ1) is 9.44. The smallest absolute Gasteiger partial charge is 0.335 e. The number of carboxylic acid groups (broad SMARTS) is 1. The molecule has 2 rings (SSSR count).